The second-order valence-electron chi connectivity index (χ2n) is 3.14. The van der Waals surface area contributed by atoms with Gasteiger partial charge in [-0.15, -0.1) is 11.3 Å². The molecule has 2 rings (SSSR count). The topological polar surface area (TPSA) is 32.3 Å². The second-order valence-corrected chi connectivity index (χ2v) is 5.05. The van der Waals surface area contributed by atoms with Crippen LogP contribution in [0.15, 0.2) is 40.2 Å². The van der Waals surface area contributed by atoms with Crippen molar-refractivity contribution in [1.29, 1.82) is 0 Å². The number of thiophene rings is 1. The summed E-state index contributed by atoms with van der Waals surface area (Å²) in [5.41, 5.74) is 0.930. The first-order valence-electron chi connectivity index (χ1n) is 4.50. The molecule has 0 aliphatic rings. The van der Waals surface area contributed by atoms with Gasteiger partial charge in [0.25, 0.3) is 0 Å². The van der Waals surface area contributed by atoms with Crippen molar-refractivity contribution < 1.29 is 5.11 Å². The first-order chi connectivity index (χ1) is 7.24. The molecule has 2 nitrogen and oxygen atoms in total. The van der Waals surface area contributed by atoms with Gasteiger partial charge >= 0.3 is 0 Å². The summed E-state index contributed by atoms with van der Waals surface area (Å²) in [5.74, 6) is 0.285. The number of phenolic OH excluding ortho intramolecular Hbond substituents is 1. The van der Waals surface area contributed by atoms with E-state index >= 15 is 0 Å². The smallest absolute Gasteiger partial charge is 0.117 e. The van der Waals surface area contributed by atoms with Crippen LogP contribution in [0.2, 0.25) is 0 Å². The fraction of sp³-hybridized carbons (Fsp3) is 0.0909. The number of rotatable bonds is 3. The molecule has 0 unspecified atom stereocenters. The third-order valence-electron chi connectivity index (χ3n) is 1.93. The molecule has 2 N–H and O–H groups in total. The van der Waals surface area contributed by atoms with Crippen LogP contribution in [0.4, 0.5) is 5.69 Å². The first-order valence-corrected chi connectivity index (χ1v) is 6.17. The second kappa shape index (κ2) is 4.68. The summed E-state index contributed by atoms with van der Waals surface area (Å²) >= 11 is 5.11. The fourth-order valence-corrected chi connectivity index (χ4v) is 2.64. The highest BCUT2D eigenvalue weighted by Crippen LogP contribution is 2.21. The predicted octanol–water partition coefficient (Wildman–Crippen LogP) is 3.83. The summed E-state index contributed by atoms with van der Waals surface area (Å²) in [7, 11) is 0. The Bertz CT molecular complexity index is 455. The number of phenols is 1. The average Bonchev–Trinajstić information content (AvgIpc) is 2.62. The van der Waals surface area contributed by atoms with Crippen LogP contribution < -0.4 is 5.32 Å². The van der Waals surface area contributed by atoms with Gasteiger partial charge in [-0.1, -0.05) is 6.07 Å². The van der Waals surface area contributed by atoms with E-state index in [0.29, 0.717) is 0 Å². The summed E-state index contributed by atoms with van der Waals surface area (Å²) < 4.78 is 1.11. The summed E-state index contributed by atoms with van der Waals surface area (Å²) in [5, 5.41) is 14.6. The molecule has 0 radical (unpaired) electrons. The average molecular weight is 284 g/mol. The standard InChI is InChI=1S/C11H10BrNOS/c12-8-4-11(15-7-8)6-13-9-2-1-3-10(14)5-9/h1-5,7,13-14H,6H2. The number of aromatic hydroxyl groups is 1. The molecule has 78 valence electrons. The van der Waals surface area contributed by atoms with E-state index in [0.717, 1.165) is 16.7 Å². The van der Waals surface area contributed by atoms with Gasteiger partial charge in [0.05, 0.1) is 0 Å². The van der Waals surface area contributed by atoms with Crippen LogP contribution in [0.5, 0.6) is 5.75 Å². The summed E-state index contributed by atoms with van der Waals surface area (Å²) in [6, 6.07) is 9.21. The Hall–Kier alpha value is -1.000. The molecular formula is C11H10BrNOS. The van der Waals surface area contributed by atoms with Gasteiger partial charge in [-0.25, -0.2) is 0 Å². The van der Waals surface area contributed by atoms with Crippen molar-refractivity contribution in [1.82, 2.24) is 0 Å². The quantitative estimate of drug-likeness (QED) is 0.897. The van der Waals surface area contributed by atoms with Gasteiger partial charge in [0.1, 0.15) is 5.75 Å². The number of hydrogen-bond donors (Lipinski definition) is 2. The molecule has 0 bridgehead atoms. The zero-order valence-corrected chi connectivity index (χ0v) is 10.3. The Kier molecular flexibility index (Phi) is 3.28. The van der Waals surface area contributed by atoms with Gasteiger partial charge in [-0.05, 0) is 34.1 Å². The molecule has 4 heteroatoms. The lowest BCUT2D eigenvalue weighted by Crippen LogP contribution is -1.96. The third kappa shape index (κ3) is 2.97. The largest absolute Gasteiger partial charge is 0.508 e. The van der Waals surface area contributed by atoms with E-state index in [1.165, 1.54) is 4.88 Å². The van der Waals surface area contributed by atoms with Crippen LogP contribution in [0.25, 0.3) is 0 Å². The van der Waals surface area contributed by atoms with Gasteiger partial charge in [-0.3, -0.25) is 0 Å². The lowest BCUT2D eigenvalue weighted by Gasteiger charge is -2.04. The number of anilines is 1. The molecule has 15 heavy (non-hydrogen) atoms. The lowest BCUT2D eigenvalue weighted by molar-refractivity contribution is 0.475. The monoisotopic (exact) mass is 283 g/mol. The number of halogens is 1. The predicted molar refractivity (Wildman–Crippen MR) is 67.5 cm³/mol. The first kappa shape index (κ1) is 10.5. The molecule has 0 atom stereocenters. The van der Waals surface area contributed by atoms with Gasteiger partial charge in [0.2, 0.25) is 0 Å². The molecule has 1 aromatic heterocycles. The Morgan fingerprint density at radius 1 is 1.33 bits per heavy atom. The van der Waals surface area contributed by atoms with Crippen LogP contribution >= 0.6 is 27.3 Å². The lowest BCUT2D eigenvalue weighted by atomic mass is 10.3. The summed E-state index contributed by atoms with van der Waals surface area (Å²) in [6.45, 7) is 0.778. The normalized spacial score (nSPS) is 10.2. The zero-order chi connectivity index (χ0) is 10.7. The Balaban J connectivity index is 1.99. The molecule has 0 aliphatic carbocycles. The fourth-order valence-electron chi connectivity index (χ4n) is 1.25. The number of hydrogen-bond acceptors (Lipinski definition) is 3. The molecule has 0 fully saturated rings. The summed E-state index contributed by atoms with van der Waals surface area (Å²) in [4.78, 5) is 1.25. The van der Waals surface area contributed by atoms with E-state index in [1.54, 1.807) is 23.5 Å². The molecule has 0 aliphatic heterocycles. The van der Waals surface area contributed by atoms with Crippen molar-refractivity contribution >= 4 is 33.0 Å². The van der Waals surface area contributed by atoms with Gasteiger partial charge in [0.15, 0.2) is 0 Å². The Morgan fingerprint density at radius 2 is 2.20 bits per heavy atom. The SMILES string of the molecule is Oc1cccc(NCc2cc(Br)cs2)c1. The third-order valence-corrected chi connectivity index (χ3v) is 3.63. The van der Waals surface area contributed by atoms with E-state index in [1.807, 2.05) is 12.1 Å². The minimum atomic E-state index is 0.285. The maximum atomic E-state index is 9.27. The summed E-state index contributed by atoms with van der Waals surface area (Å²) in [6.07, 6.45) is 0. The highest BCUT2D eigenvalue weighted by atomic mass is 79.9. The zero-order valence-electron chi connectivity index (χ0n) is 7.90. The Labute approximate surface area is 101 Å². The molecule has 0 saturated carbocycles. The van der Waals surface area contributed by atoms with E-state index in [9.17, 15) is 5.11 Å². The molecule has 1 heterocycles. The highest BCUT2D eigenvalue weighted by Gasteiger charge is 1.98. The van der Waals surface area contributed by atoms with Crippen molar-refractivity contribution in [2.75, 3.05) is 5.32 Å². The van der Waals surface area contributed by atoms with Crippen LogP contribution in [-0.2, 0) is 6.54 Å². The van der Waals surface area contributed by atoms with Crippen molar-refractivity contribution in [3.05, 3.63) is 45.1 Å². The maximum Gasteiger partial charge on any atom is 0.117 e. The minimum Gasteiger partial charge on any atom is -0.508 e. The number of benzene rings is 1. The Morgan fingerprint density at radius 3 is 2.87 bits per heavy atom. The molecular weight excluding hydrogens is 274 g/mol. The minimum absolute atomic E-state index is 0.285. The molecule has 1 aromatic carbocycles. The molecule has 0 amide bonds. The van der Waals surface area contributed by atoms with Crippen molar-refractivity contribution in [2.24, 2.45) is 0 Å². The van der Waals surface area contributed by atoms with Crippen LogP contribution in [0, 0.1) is 0 Å². The van der Waals surface area contributed by atoms with E-state index < -0.39 is 0 Å². The van der Waals surface area contributed by atoms with E-state index in [2.05, 4.69) is 32.7 Å². The maximum absolute atomic E-state index is 9.27. The molecule has 0 saturated heterocycles. The van der Waals surface area contributed by atoms with E-state index in [4.69, 9.17) is 0 Å². The van der Waals surface area contributed by atoms with E-state index in [-0.39, 0.29) is 5.75 Å². The van der Waals surface area contributed by atoms with Gasteiger partial charge in [0, 0.05) is 33.0 Å². The van der Waals surface area contributed by atoms with Crippen molar-refractivity contribution in [3.63, 3.8) is 0 Å². The molecule has 0 spiro atoms. The van der Waals surface area contributed by atoms with Gasteiger partial charge < -0.3 is 10.4 Å². The molecule has 2 aromatic rings. The van der Waals surface area contributed by atoms with Crippen molar-refractivity contribution in [2.45, 2.75) is 6.54 Å². The van der Waals surface area contributed by atoms with Crippen LogP contribution in [-0.4, -0.2) is 5.11 Å². The number of nitrogens with one attached hydrogen (secondary N) is 1. The van der Waals surface area contributed by atoms with Gasteiger partial charge in [-0.2, -0.15) is 0 Å². The highest BCUT2D eigenvalue weighted by molar-refractivity contribution is 9.10. The van der Waals surface area contributed by atoms with Crippen LogP contribution in [0.3, 0.4) is 0 Å². The van der Waals surface area contributed by atoms with Crippen molar-refractivity contribution in [3.8, 4) is 5.75 Å². The van der Waals surface area contributed by atoms with Crippen LogP contribution in [0.1, 0.15) is 4.88 Å².